The standard InChI is InChI=1S/C34H46ClN9O5/c1-4-48-33(45)49-24(3)44-32(41-42-43-44)20-47-19-23(2)39-26-10-8-25(9-11-26)16-27-17-28(29(35)18-37-27)30-6-5-7-31(40-30)38-22-34(21-36)12-14-46-15-13-34/h5-7,17-18,23-26,39H,4,8-16,19-20,22H2,1-3H3,(H,38,40)/t23-,24+,25?,26?/m1/s1. The van der Waals surface area contributed by atoms with Crippen molar-refractivity contribution in [3.05, 3.63) is 47.0 Å². The Morgan fingerprint density at radius 2 is 2.02 bits per heavy atom. The van der Waals surface area contributed by atoms with Crippen LogP contribution in [0.2, 0.25) is 5.02 Å². The highest BCUT2D eigenvalue weighted by Crippen LogP contribution is 2.33. The molecule has 2 N–H and O–H groups in total. The number of hydrogen-bond donors (Lipinski definition) is 2. The number of tetrazole rings is 1. The van der Waals surface area contributed by atoms with Crippen LogP contribution in [0.5, 0.6) is 0 Å². The highest BCUT2D eigenvalue weighted by Gasteiger charge is 2.32. The number of rotatable bonds is 15. The van der Waals surface area contributed by atoms with Crippen LogP contribution in [-0.4, -0.2) is 81.4 Å². The molecule has 0 aromatic carbocycles. The number of nitriles is 1. The number of carbonyl (C=O) groups excluding carboxylic acids is 1. The third kappa shape index (κ3) is 10.3. The second-order valence-electron chi connectivity index (χ2n) is 12.9. The number of aromatic nitrogens is 6. The molecular weight excluding hydrogens is 650 g/mol. The number of nitrogens with one attached hydrogen (secondary N) is 2. The Morgan fingerprint density at radius 3 is 2.78 bits per heavy atom. The normalized spacial score (nSPS) is 20.1. The Morgan fingerprint density at radius 1 is 1.22 bits per heavy atom. The number of pyridine rings is 2. The summed E-state index contributed by atoms with van der Waals surface area (Å²) in [6.07, 6.45) is 6.88. The molecule has 3 aromatic heterocycles. The van der Waals surface area contributed by atoms with E-state index in [-0.39, 0.29) is 19.3 Å². The van der Waals surface area contributed by atoms with E-state index in [1.165, 1.54) is 4.68 Å². The minimum atomic E-state index is -0.774. The molecule has 2 aliphatic rings. The fraction of sp³-hybridized carbons (Fsp3) is 0.618. The van der Waals surface area contributed by atoms with E-state index in [1.54, 1.807) is 20.0 Å². The first kappa shape index (κ1) is 36.4. The molecule has 1 aliphatic carbocycles. The summed E-state index contributed by atoms with van der Waals surface area (Å²) < 4.78 is 22.8. The van der Waals surface area contributed by atoms with E-state index < -0.39 is 17.8 Å². The van der Waals surface area contributed by atoms with Crippen LogP contribution in [0.1, 0.15) is 77.0 Å². The van der Waals surface area contributed by atoms with E-state index in [0.29, 0.717) is 67.8 Å². The fourth-order valence-corrected chi connectivity index (χ4v) is 6.56. The first-order chi connectivity index (χ1) is 23.8. The smallest absolute Gasteiger partial charge is 0.435 e. The van der Waals surface area contributed by atoms with Crippen LogP contribution in [0.25, 0.3) is 11.3 Å². The highest BCUT2D eigenvalue weighted by molar-refractivity contribution is 6.33. The summed E-state index contributed by atoms with van der Waals surface area (Å²) in [6.45, 7) is 8.10. The number of nitrogens with zero attached hydrogens (tertiary/aromatic N) is 7. The van der Waals surface area contributed by atoms with Gasteiger partial charge in [0.1, 0.15) is 12.4 Å². The molecule has 0 radical (unpaired) electrons. The topological polar surface area (TPSA) is 171 Å². The number of ether oxygens (including phenoxy) is 4. The van der Waals surface area contributed by atoms with E-state index in [9.17, 15) is 10.1 Å². The Bertz CT molecular complexity index is 1550. The van der Waals surface area contributed by atoms with E-state index in [1.807, 2.05) is 18.2 Å². The summed E-state index contributed by atoms with van der Waals surface area (Å²) in [6, 6.07) is 10.9. The zero-order valence-corrected chi connectivity index (χ0v) is 29.2. The second kappa shape index (κ2) is 17.7. The predicted molar refractivity (Wildman–Crippen MR) is 181 cm³/mol. The molecule has 0 spiro atoms. The van der Waals surface area contributed by atoms with Crippen molar-refractivity contribution < 1.29 is 23.7 Å². The van der Waals surface area contributed by atoms with Gasteiger partial charge in [-0.1, -0.05) is 17.7 Å². The lowest BCUT2D eigenvalue weighted by Crippen LogP contribution is -2.41. The van der Waals surface area contributed by atoms with Crippen LogP contribution in [0.3, 0.4) is 0 Å². The summed E-state index contributed by atoms with van der Waals surface area (Å²) >= 11 is 6.62. The molecule has 14 nitrogen and oxygen atoms in total. The quantitative estimate of drug-likeness (QED) is 0.191. The van der Waals surface area contributed by atoms with Crippen LogP contribution in [0.4, 0.5) is 10.6 Å². The Kier molecular flexibility index (Phi) is 13.1. The van der Waals surface area contributed by atoms with Crippen molar-refractivity contribution in [1.29, 1.82) is 5.26 Å². The SMILES string of the molecule is CCOC(=O)O[C@@H](C)n1nnnc1COC[C@@H](C)NC1CCC(Cc2cc(-c3cccc(NCC4(C#N)CCOCC4)n3)c(Cl)cn2)CC1. The molecule has 5 rings (SSSR count). The van der Waals surface area contributed by atoms with Crippen molar-refractivity contribution in [1.82, 2.24) is 35.5 Å². The molecule has 0 amide bonds. The maximum Gasteiger partial charge on any atom is 0.510 e. The predicted octanol–water partition coefficient (Wildman–Crippen LogP) is 5.50. The van der Waals surface area contributed by atoms with Crippen LogP contribution >= 0.6 is 11.6 Å². The van der Waals surface area contributed by atoms with Crippen LogP contribution < -0.4 is 10.6 Å². The van der Waals surface area contributed by atoms with E-state index >= 15 is 0 Å². The lowest BCUT2D eigenvalue weighted by atomic mass is 9.82. The highest BCUT2D eigenvalue weighted by atomic mass is 35.5. The summed E-state index contributed by atoms with van der Waals surface area (Å²) in [7, 11) is 0. The second-order valence-corrected chi connectivity index (χ2v) is 13.3. The number of anilines is 1. The maximum absolute atomic E-state index is 11.6. The Labute approximate surface area is 292 Å². The minimum absolute atomic E-state index is 0.138. The molecule has 264 valence electrons. The molecule has 2 atom stereocenters. The average Bonchev–Trinajstić information content (AvgIpc) is 3.58. The first-order valence-corrected chi connectivity index (χ1v) is 17.4. The van der Waals surface area contributed by atoms with Crippen molar-refractivity contribution in [3.63, 3.8) is 0 Å². The average molecular weight is 696 g/mol. The van der Waals surface area contributed by atoms with Gasteiger partial charge in [-0.05, 0) is 100 Å². The third-order valence-electron chi connectivity index (χ3n) is 9.13. The molecule has 3 aromatic rings. The molecule has 15 heteroatoms. The largest absolute Gasteiger partial charge is 0.510 e. The van der Waals surface area contributed by atoms with Gasteiger partial charge in [-0.15, -0.1) is 5.10 Å². The summed E-state index contributed by atoms with van der Waals surface area (Å²) in [4.78, 5) is 21.1. The molecule has 4 heterocycles. The number of carbonyl (C=O) groups is 1. The van der Waals surface area contributed by atoms with Crippen molar-refractivity contribution >= 4 is 23.6 Å². The van der Waals surface area contributed by atoms with Gasteiger partial charge in [-0.3, -0.25) is 4.98 Å². The Hall–Kier alpha value is -3.90. The monoisotopic (exact) mass is 695 g/mol. The van der Waals surface area contributed by atoms with Gasteiger partial charge in [0.15, 0.2) is 12.1 Å². The first-order valence-electron chi connectivity index (χ1n) is 17.1. The van der Waals surface area contributed by atoms with Gasteiger partial charge < -0.3 is 29.6 Å². The van der Waals surface area contributed by atoms with Crippen molar-refractivity contribution in [3.8, 4) is 17.3 Å². The summed E-state index contributed by atoms with van der Waals surface area (Å²) in [5.74, 6) is 1.71. The zero-order chi connectivity index (χ0) is 34.6. The molecule has 1 saturated heterocycles. The van der Waals surface area contributed by atoms with Crippen LogP contribution in [0.15, 0.2) is 30.5 Å². The van der Waals surface area contributed by atoms with Crippen molar-refractivity contribution in [2.45, 2.75) is 90.6 Å². The minimum Gasteiger partial charge on any atom is -0.435 e. The molecule has 1 aliphatic heterocycles. The van der Waals surface area contributed by atoms with Gasteiger partial charge in [0, 0.05) is 49.3 Å². The number of halogens is 1. The van der Waals surface area contributed by atoms with Crippen molar-refractivity contribution in [2.24, 2.45) is 11.3 Å². The summed E-state index contributed by atoms with van der Waals surface area (Å²) in [5, 5.41) is 29.0. The third-order valence-corrected chi connectivity index (χ3v) is 9.43. The molecule has 0 unspecified atom stereocenters. The van der Waals surface area contributed by atoms with Gasteiger partial charge in [-0.25, -0.2) is 9.78 Å². The van der Waals surface area contributed by atoms with Gasteiger partial charge >= 0.3 is 6.16 Å². The van der Waals surface area contributed by atoms with Crippen LogP contribution in [0, 0.1) is 22.7 Å². The van der Waals surface area contributed by atoms with Gasteiger partial charge in [-0.2, -0.15) is 9.94 Å². The van der Waals surface area contributed by atoms with Gasteiger partial charge in [0.05, 0.1) is 35.4 Å². The lowest BCUT2D eigenvalue weighted by Gasteiger charge is -2.31. The van der Waals surface area contributed by atoms with Crippen LogP contribution in [-0.2, 0) is 32.0 Å². The van der Waals surface area contributed by atoms with E-state index in [2.05, 4.69) is 50.2 Å². The lowest BCUT2D eigenvalue weighted by molar-refractivity contribution is -0.00390. The number of hydrogen-bond acceptors (Lipinski definition) is 13. The fourth-order valence-electron chi connectivity index (χ4n) is 6.36. The zero-order valence-electron chi connectivity index (χ0n) is 28.4. The molecule has 2 fully saturated rings. The molecule has 1 saturated carbocycles. The summed E-state index contributed by atoms with van der Waals surface area (Å²) in [5.41, 5.74) is 2.20. The van der Waals surface area contributed by atoms with E-state index in [0.717, 1.165) is 49.1 Å². The van der Waals surface area contributed by atoms with Gasteiger partial charge in [0.25, 0.3) is 0 Å². The molecule has 49 heavy (non-hydrogen) atoms. The van der Waals surface area contributed by atoms with E-state index in [4.69, 9.17) is 35.5 Å². The maximum atomic E-state index is 11.6. The van der Waals surface area contributed by atoms with Crippen molar-refractivity contribution in [2.75, 3.05) is 38.3 Å². The Balaban J connectivity index is 1.06. The van der Waals surface area contributed by atoms with Gasteiger partial charge in [0.2, 0.25) is 0 Å². The molecular formula is C34H46ClN9O5. The molecule has 0 bridgehead atoms.